The molecule has 0 bridgehead atoms. The van der Waals surface area contributed by atoms with Crippen LogP contribution in [0.25, 0.3) is 0 Å². The molecule has 1 unspecified atom stereocenters. The molecule has 1 atom stereocenters. The van der Waals surface area contributed by atoms with Crippen molar-refractivity contribution in [1.82, 2.24) is 20.5 Å². The van der Waals surface area contributed by atoms with Crippen LogP contribution in [-0.2, 0) is 0 Å². The Labute approximate surface area is 141 Å². The smallest absolute Gasteiger partial charge is 0.271 e. The van der Waals surface area contributed by atoms with Crippen LogP contribution in [0.1, 0.15) is 23.1 Å². The molecule has 2 aromatic rings. The van der Waals surface area contributed by atoms with E-state index in [0.717, 1.165) is 37.0 Å². The summed E-state index contributed by atoms with van der Waals surface area (Å²) in [5.74, 6) is 1.59. The summed E-state index contributed by atoms with van der Waals surface area (Å²) in [5, 5.41) is 10.8. The van der Waals surface area contributed by atoms with Gasteiger partial charge in [-0.15, -0.1) is 10.2 Å². The summed E-state index contributed by atoms with van der Waals surface area (Å²) in [4.78, 5) is 20.7. The van der Waals surface area contributed by atoms with Crippen molar-refractivity contribution in [3.05, 3.63) is 41.7 Å². The van der Waals surface area contributed by atoms with Gasteiger partial charge in [-0.05, 0) is 38.1 Å². The van der Waals surface area contributed by atoms with Gasteiger partial charge in [0, 0.05) is 38.4 Å². The Morgan fingerprint density at radius 3 is 2.62 bits per heavy atom. The average Bonchev–Trinajstić information content (AvgIpc) is 2.61. The van der Waals surface area contributed by atoms with Gasteiger partial charge in [0.2, 0.25) is 0 Å². The molecule has 7 nitrogen and oxygen atoms in total. The lowest BCUT2D eigenvalue weighted by atomic mass is 10.2. The van der Waals surface area contributed by atoms with Crippen molar-refractivity contribution in [2.75, 3.05) is 36.5 Å². The van der Waals surface area contributed by atoms with Crippen LogP contribution in [0.4, 0.5) is 11.6 Å². The van der Waals surface area contributed by atoms with Gasteiger partial charge in [-0.1, -0.05) is 6.07 Å². The highest BCUT2D eigenvalue weighted by Gasteiger charge is 2.26. The van der Waals surface area contributed by atoms with E-state index in [9.17, 15) is 4.79 Å². The Morgan fingerprint density at radius 1 is 1.17 bits per heavy atom. The largest absolute Gasteiger partial charge is 0.354 e. The Morgan fingerprint density at radius 2 is 2.00 bits per heavy atom. The average molecular weight is 326 g/mol. The summed E-state index contributed by atoms with van der Waals surface area (Å²) in [6, 6.07) is 9.94. The number of amides is 1. The topological polar surface area (TPSA) is 74.2 Å². The molecule has 24 heavy (non-hydrogen) atoms. The highest BCUT2D eigenvalue weighted by atomic mass is 16.1. The van der Waals surface area contributed by atoms with Crippen molar-refractivity contribution in [2.45, 2.75) is 19.9 Å². The number of aryl methyl sites for hydroxylation is 1. The first kappa shape index (κ1) is 16.2. The Balaban J connectivity index is 1.70. The molecule has 126 valence electrons. The highest BCUT2D eigenvalue weighted by Crippen LogP contribution is 2.21. The number of piperazine rings is 1. The zero-order valence-corrected chi connectivity index (χ0v) is 14.2. The third kappa shape index (κ3) is 3.29. The molecule has 1 aliphatic heterocycles. The van der Waals surface area contributed by atoms with E-state index in [-0.39, 0.29) is 11.9 Å². The number of nitrogens with zero attached hydrogens (tertiary/aromatic N) is 5. The van der Waals surface area contributed by atoms with Crippen LogP contribution in [0.2, 0.25) is 0 Å². The van der Waals surface area contributed by atoms with Crippen LogP contribution >= 0.6 is 0 Å². The van der Waals surface area contributed by atoms with E-state index in [1.807, 2.05) is 31.2 Å². The monoisotopic (exact) mass is 326 g/mol. The number of carbonyl (C=O) groups is 1. The summed E-state index contributed by atoms with van der Waals surface area (Å²) in [6.45, 7) is 6.75. The van der Waals surface area contributed by atoms with Gasteiger partial charge in [-0.2, -0.15) is 0 Å². The van der Waals surface area contributed by atoms with Crippen LogP contribution in [-0.4, -0.2) is 53.8 Å². The normalized spacial score (nSPS) is 17.7. The molecule has 1 aliphatic rings. The molecular weight excluding hydrogens is 304 g/mol. The van der Waals surface area contributed by atoms with E-state index in [4.69, 9.17) is 0 Å². The number of hydrogen-bond acceptors (Lipinski definition) is 6. The molecule has 0 spiro atoms. The fourth-order valence-corrected chi connectivity index (χ4v) is 2.94. The predicted octanol–water partition coefficient (Wildman–Crippen LogP) is 1.25. The quantitative estimate of drug-likeness (QED) is 0.915. The second-order valence-corrected chi connectivity index (χ2v) is 5.98. The molecule has 3 rings (SSSR count). The van der Waals surface area contributed by atoms with Crippen molar-refractivity contribution in [3.8, 4) is 0 Å². The van der Waals surface area contributed by atoms with Crippen LogP contribution < -0.4 is 15.1 Å². The van der Waals surface area contributed by atoms with Crippen LogP contribution in [0, 0.1) is 6.92 Å². The van der Waals surface area contributed by atoms with Gasteiger partial charge in [-0.3, -0.25) is 4.79 Å². The number of anilines is 2. The van der Waals surface area contributed by atoms with E-state index in [0.29, 0.717) is 5.69 Å². The van der Waals surface area contributed by atoms with Gasteiger partial charge in [0.25, 0.3) is 5.91 Å². The molecule has 1 saturated heterocycles. The lowest BCUT2D eigenvalue weighted by molar-refractivity contribution is 0.0957. The van der Waals surface area contributed by atoms with Gasteiger partial charge < -0.3 is 15.1 Å². The van der Waals surface area contributed by atoms with Gasteiger partial charge in [0.05, 0.1) is 0 Å². The van der Waals surface area contributed by atoms with Gasteiger partial charge in [0.1, 0.15) is 5.82 Å². The number of carbonyl (C=O) groups excluding carboxylic acids is 1. The Bertz CT molecular complexity index is 717. The highest BCUT2D eigenvalue weighted by molar-refractivity contribution is 5.91. The third-order valence-corrected chi connectivity index (χ3v) is 4.23. The number of aromatic nitrogens is 3. The Kier molecular flexibility index (Phi) is 4.59. The first-order valence-corrected chi connectivity index (χ1v) is 8.09. The molecule has 0 saturated carbocycles. The molecule has 3 heterocycles. The summed E-state index contributed by atoms with van der Waals surface area (Å²) in [7, 11) is 1.58. The maximum absolute atomic E-state index is 11.6. The van der Waals surface area contributed by atoms with Crippen molar-refractivity contribution < 1.29 is 4.79 Å². The molecule has 7 heteroatoms. The zero-order valence-electron chi connectivity index (χ0n) is 14.2. The molecule has 1 fully saturated rings. The molecule has 0 radical (unpaired) electrons. The summed E-state index contributed by atoms with van der Waals surface area (Å²) in [5.41, 5.74) is 1.36. The van der Waals surface area contributed by atoms with E-state index >= 15 is 0 Å². The lowest BCUT2D eigenvalue weighted by Gasteiger charge is -2.40. The molecule has 0 aliphatic carbocycles. The summed E-state index contributed by atoms with van der Waals surface area (Å²) in [6.07, 6.45) is 0. The minimum absolute atomic E-state index is 0.225. The minimum atomic E-state index is -0.225. The third-order valence-electron chi connectivity index (χ3n) is 4.23. The molecule has 1 amide bonds. The van der Waals surface area contributed by atoms with Crippen LogP contribution in [0.15, 0.2) is 30.3 Å². The van der Waals surface area contributed by atoms with E-state index < -0.39 is 0 Å². The molecule has 0 aromatic carbocycles. The standard InChI is InChI=1S/C17H22N6O/c1-12-5-4-6-15(19-12)22-9-10-23(13(2)11-22)16-8-7-14(20-21-16)17(24)18-3/h4-8,13H,9-11H2,1-3H3,(H,18,24). The van der Waals surface area contributed by atoms with Gasteiger partial charge in [-0.25, -0.2) is 4.98 Å². The van der Waals surface area contributed by atoms with Gasteiger partial charge in [0.15, 0.2) is 11.5 Å². The maximum atomic E-state index is 11.6. The van der Waals surface area contributed by atoms with E-state index in [2.05, 4.69) is 37.2 Å². The number of nitrogens with one attached hydrogen (secondary N) is 1. The molecule has 1 N–H and O–H groups in total. The van der Waals surface area contributed by atoms with Crippen molar-refractivity contribution in [2.24, 2.45) is 0 Å². The Hall–Kier alpha value is -2.70. The number of rotatable bonds is 3. The molecular formula is C17H22N6O. The minimum Gasteiger partial charge on any atom is -0.354 e. The maximum Gasteiger partial charge on any atom is 0.271 e. The van der Waals surface area contributed by atoms with Gasteiger partial charge >= 0.3 is 0 Å². The SMILES string of the molecule is CNC(=O)c1ccc(N2CCN(c3cccc(C)n3)CC2C)nn1. The second-order valence-electron chi connectivity index (χ2n) is 5.98. The van der Waals surface area contributed by atoms with Crippen molar-refractivity contribution in [3.63, 3.8) is 0 Å². The fourth-order valence-electron chi connectivity index (χ4n) is 2.94. The van der Waals surface area contributed by atoms with E-state index in [1.54, 1.807) is 13.1 Å². The van der Waals surface area contributed by atoms with E-state index in [1.165, 1.54) is 0 Å². The molecule has 2 aromatic heterocycles. The van der Waals surface area contributed by atoms with Crippen LogP contribution in [0.3, 0.4) is 0 Å². The summed E-state index contributed by atoms with van der Waals surface area (Å²) >= 11 is 0. The second kappa shape index (κ2) is 6.82. The van der Waals surface area contributed by atoms with Crippen molar-refractivity contribution >= 4 is 17.5 Å². The first-order chi connectivity index (χ1) is 11.6. The number of pyridine rings is 1. The first-order valence-electron chi connectivity index (χ1n) is 8.09. The van der Waals surface area contributed by atoms with Crippen molar-refractivity contribution in [1.29, 1.82) is 0 Å². The van der Waals surface area contributed by atoms with Crippen LogP contribution in [0.5, 0.6) is 0 Å². The lowest BCUT2D eigenvalue weighted by Crippen LogP contribution is -2.52. The summed E-state index contributed by atoms with van der Waals surface area (Å²) < 4.78 is 0. The zero-order chi connectivity index (χ0) is 17.1. The fraction of sp³-hybridized carbons (Fsp3) is 0.412. The predicted molar refractivity (Wildman–Crippen MR) is 93.4 cm³/mol. The number of hydrogen-bond donors (Lipinski definition) is 1.